The third-order valence-electron chi connectivity index (χ3n) is 6.05. The van der Waals surface area contributed by atoms with Gasteiger partial charge in [-0.2, -0.15) is 0 Å². The molecule has 0 spiro atoms. The van der Waals surface area contributed by atoms with Gasteiger partial charge in [0, 0.05) is 0 Å². The van der Waals surface area contributed by atoms with Gasteiger partial charge in [-0.3, -0.25) is 0 Å². The Bertz CT molecular complexity index is 624. The number of aliphatic hydroxyl groups is 10. The van der Waals surface area contributed by atoms with Crippen molar-refractivity contribution in [2.24, 2.45) is 0 Å². The van der Waals surface area contributed by atoms with Gasteiger partial charge in [-0.05, 0) is 6.92 Å². The summed E-state index contributed by atoms with van der Waals surface area (Å²) < 4.78 is 26.5. The number of rotatable bonds is 6. The minimum absolute atomic E-state index is 0.695. The van der Waals surface area contributed by atoms with Crippen LogP contribution in [0.1, 0.15) is 6.92 Å². The van der Waals surface area contributed by atoms with E-state index >= 15 is 0 Å². The van der Waals surface area contributed by atoms with Gasteiger partial charge in [0.05, 0.1) is 19.3 Å². The Morgan fingerprint density at radius 2 is 1.06 bits per heavy atom. The Labute approximate surface area is 187 Å². The van der Waals surface area contributed by atoms with Crippen molar-refractivity contribution >= 4 is 0 Å². The second-order valence-corrected chi connectivity index (χ2v) is 8.32. The van der Waals surface area contributed by atoms with Crippen LogP contribution >= 0.6 is 0 Å². The van der Waals surface area contributed by atoms with E-state index in [-0.39, 0.29) is 0 Å². The Kier molecular flexibility index (Phi) is 8.99. The molecule has 0 radical (unpaired) electrons. The molecule has 10 N–H and O–H groups in total. The number of ether oxygens (including phenoxy) is 5. The van der Waals surface area contributed by atoms with Gasteiger partial charge in [-0.25, -0.2) is 0 Å². The maximum atomic E-state index is 10.6. The van der Waals surface area contributed by atoms with E-state index in [4.69, 9.17) is 23.7 Å². The van der Waals surface area contributed by atoms with E-state index < -0.39 is 105 Å². The molecule has 15 nitrogen and oxygen atoms in total. The van der Waals surface area contributed by atoms with E-state index in [1.165, 1.54) is 6.92 Å². The van der Waals surface area contributed by atoms with Gasteiger partial charge in [0.25, 0.3) is 0 Å². The molecule has 0 aromatic carbocycles. The molecule has 194 valence electrons. The van der Waals surface area contributed by atoms with Crippen LogP contribution in [0.5, 0.6) is 0 Å². The van der Waals surface area contributed by atoms with Crippen molar-refractivity contribution in [2.45, 2.75) is 99.0 Å². The molecule has 15 atom stereocenters. The van der Waals surface area contributed by atoms with Gasteiger partial charge in [0.15, 0.2) is 18.9 Å². The minimum Gasteiger partial charge on any atom is -0.394 e. The first-order valence-corrected chi connectivity index (χ1v) is 10.4. The van der Waals surface area contributed by atoms with Gasteiger partial charge in [0.2, 0.25) is 0 Å². The summed E-state index contributed by atoms with van der Waals surface area (Å²) in [5.74, 6) is 0. The summed E-state index contributed by atoms with van der Waals surface area (Å²) in [6, 6.07) is 0. The Balaban J connectivity index is 1.67. The van der Waals surface area contributed by atoms with E-state index in [1.54, 1.807) is 0 Å². The van der Waals surface area contributed by atoms with Crippen molar-refractivity contribution in [3.8, 4) is 0 Å². The van der Waals surface area contributed by atoms with Crippen LogP contribution < -0.4 is 0 Å². The highest BCUT2D eigenvalue weighted by molar-refractivity contribution is 4.95. The highest BCUT2D eigenvalue weighted by Gasteiger charge is 2.52. The molecule has 0 bridgehead atoms. The molecule has 0 amide bonds. The SMILES string of the molecule is C[C@@H]1O[C@H](O[C@H]2[C@@H](O)[C@@H](CO)OC(O)[C@@H]2O)[C@H](O)[C@H](O)[C@H]1O[C@@H]1O[C@H](CO)[C@@H](O)[C@H](O)[C@@H]1O. The highest BCUT2D eigenvalue weighted by atomic mass is 16.7. The van der Waals surface area contributed by atoms with Crippen LogP contribution in [-0.2, 0) is 23.7 Å². The molecule has 3 saturated heterocycles. The van der Waals surface area contributed by atoms with E-state index in [0.29, 0.717) is 0 Å². The fourth-order valence-electron chi connectivity index (χ4n) is 4.02. The first-order valence-electron chi connectivity index (χ1n) is 10.4. The fraction of sp³-hybridized carbons (Fsp3) is 1.00. The largest absolute Gasteiger partial charge is 0.394 e. The van der Waals surface area contributed by atoms with Crippen LogP contribution in [0.2, 0.25) is 0 Å². The Morgan fingerprint density at radius 1 is 0.545 bits per heavy atom. The lowest BCUT2D eigenvalue weighted by atomic mass is 9.96. The fourth-order valence-corrected chi connectivity index (χ4v) is 4.02. The lowest BCUT2D eigenvalue weighted by Crippen LogP contribution is -2.65. The summed E-state index contributed by atoms with van der Waals surface area (Å²) in [5, 5.41) is 99.5. The molecule has 0 aromatic rings. The maximum absolute atomic E-state index is 10.6. The van der Waals surface area contributed by atoms with Crippen molar-refractivity contribution in [1.82, 2.24) is 0 Å². The van der Waals surface area contributed by atoms with Crippen molar-refractivity contribution in [3.05, 3.63) is 0 Å². The number of hydrogen-bond acceptors (Lipinski definition) is 15. The van der Waals surface area contributed by atoms with Crippen molar-refractivity contribution in [1.29, 1.82) is 0 Å². The monoisotopic (exact) mass is 488 g/mol. The zero-order chi connectivity index (χ0) is 24.6. The molecule has 0 aromatic heterocycles. The first kappa shape index (κ1) is 27.0. The molecule has 1 unspecified atom stereocenters. The number of hydrogen-bond donors (Lipinski definition) is 10. The lowest BCUT2D eigenvalue weighted by molar-refractivity contribution is -0.374. The molecule has 3 aliphatic heterocycles. The molecule has 15 heteroatoms. The van der Waals surface area contributed by atoms with Crippen LogP contribution in [0.4, 0.5) is 0 Å². The molecule has 0 aliphatic carbocycles. The molecule has 3 rings (SSSR count). The second kappa shape index (κ2) is 11.0. The van der Waals surface area contributed by atoms with Crippen LogP contribution in [-0.4, -0.2) is 156 Å². The minimum atomic E-state index is -1.82. The molecular formula is C18H32O15. The topological polar surface area (TPSA) is 248 Å². The van der Waals surface area contributed by atoms with Crippen LogP contribution in [0.15, 0.2) is 0 Å². The zero-order valence-electron chi connectivity index (χ0n) is 17.6. The number of aliphatic hydroxyl groups excluding tert-OH is 10. The molecule has 33 heavy (non-hydrogen) atoms. The highest BCUT2D eigenvalue weighted by Crippen LogP contribution is 2.31. The lowest BCUT2D eigenvalue weighted by Gasteiger charge is -2.47. The van der Waals surface area contributed by atoms with Gasteiger partial charge in [-0.15, -0.1) is 0 Å². The summed E-state index contributed by atoms with van der Waals surface area (Å²) in [4.78, 5) is 0. The average Bonchev–Trinajstić information content (AvgIpc) is 2.79. The first-order chi connectivity index (χ1) is 15.5. The molecule has 3 fully saturated rings. The summed E-state index contributed by atoms with van der Waals surface area (Å²) in [7, 11) is 0. The maximum Gasteiger partial charge on any atom is 0.187 e. The van der Waals surface area contributed by atoms with Crippen LogP contribution in [0.25, 0.3) is 0 Å². The van der Waals surface area contributed by atoms with E-state index in [9.17, 15) is 51.1 Å². The second-order valence-electron chi connectivity index (χ2n) is 8.32. The average molecular weight is 488 g/mol. The predicted molar refractivity (Wildman–Crippen MR) is 99.8 cm³/mol. The Morgan fingerprint density at radius 3 is 1.67 bits per heavy atom. The van der Waals surface area contributed by atoms with Crippen molar-refractivity contribution in [2.75, 3.05) is 13.2 Å². The summed E-state index contributed by atoms with van der Waals surface area (Å²) in [6.45, 7) is 0.00827. The van der Waals surface area contributed by atoms with Gasteiger partial charge >= 0.3 is 0 Å². The van der Waals surface area contributed by atoms with Gasteiger partial charge in [0.1, 0.15) is 67.1 Å². The van der Waals surface area contributed by atoms with Gasteiger partial charge < -0.3 is 74.7 Å². The zero-order valence-corrected chi connectivity index (χ0v) is 17.6. The van der Waals surface area contributed by atoms with Crippen molar-refractivity contribution in [3.63, 3.8) is 0 Å². The smallest absolute Gasteiger partial charge is 0.187 e. The molecular weight excluding hydrogens is 456 g/mol. The summed E-state index contributed by atoms with van der Waals surface area (Å²) in [6.07, 6.45) is -23.5. The van der Waals surface area contributed by atoms with Crippen LogP contribution in [0, 0.1) is 0 Å². The quantitative estimate of drug-likeness (QED) is 0.167. The molecule has 0 saturated carbocycles. The predicted octanol–water partition coefficient (Wildman–Crippen LogP) is -6.55. The van der Waals surface area contributed by atoms with Crippen LogP contribution in [0.3, 0.4) is 0 Å². The Hall–Kier alpha value is -0.600. The molecule has 3 heterocycles. The summed E-state index contributed by atoms with van der Waals surface area (Å²) in [5.41, 5.74) is 0. The van der Waals surface area contributed by atoms with Gasteiger partial charge in [-0.1, -0.05) is 0 Å². The molecule has 3 aliphatic rings. The van der Waals surface area contributed by atoms with E-state index in [1.807, 2.05) is 0 Å². The normalized spacial score (nSPS) is 53.7. The van der Waals surface area contributed by atoms with Crippen molar-refractivity contribution < 1.29 is 74.7 Å². The summed E-state index contributed by atoms with van der Waals surface area (Å²) >= 11 is 0. The standard InChI is InChI=1S/C18H32O15/c1-4-14(32-18-11(25)9(23)7(21)5(2-19)31-18)10(24)12(26)17(29-4)33-15-8(22)6(3-20)30-16(28)13(15)27/h4-28H,2-3H2,1H3/t4-,5+,6+,7+,8-,9-,10-,11-,12+,13+,14-,15-,16?,17+,18-/m0/s1. The third-order valence-corrected chi connectivity index (χ3v) is 6.05. The van der Waals surface area contributed by atoms with E-state index in [2.05, 4.69) is 0 Å². The van der Waals surface area contributed by atoms with E-state index in [0.717, 1.165) is 0 Å². The third kappa shape index (κ3) is 5.32.